The predicted octanol–water partition coefficient (Wildman–Crippen LogP) is 3.15. The normalized spacial score (nSPS) is 26.0. The van der Waals surface area contributed by atoms with Crippen LogP contribution in [0.15, 0.2) is 24.3 Å². The Morgan fingerprint density at radius 1 is 1.25 bits per heavy atom. The molecule has 1 N–H and O–H groups in total. The van der Waals surface area contributed by atoms with Crippen LogP contribution in [-0.4, -0.2) is 16.9 Å². The van der Waals surface area contributed by atoms with E-state index in [0.29, 0.717) is 17.4 Å². The van der Waals surface area contributed by atoms with E-state index in [4.69, 9.17) is 0 Å². The molecule has 1 amide bonds. The smallest absolute Gasteiger partial charge is 0.269 e. The molecule has 0 aromatic heterocycles. The van der Waals surface area contributed by atoms with Gasteiger partial charge in [-0.3, -0.25) is 14.9 Å². The zero-order valence-electron chi connectivity index (χ0n) is 11.8. The van der Waals surface area contributed by atoms with Crippen LogP contribution in [0, 0.1) is 22.0 Å². The Morgan fingerprint density at radius 3 is 2.50 bits per heavy atom. The van der Waals surface area contributed by atoms with Crippen LogP contribution < -0.4 is 5.32 Å². The van der Waals surface area contributed by atoms with Crippen LogP contribution in [0.2, 0.25) is 0 Å². The van der Waals surface area contributed by atoms with Crippen LogP contribution in [-0.2, 0) is 0 Å². The third-order valence-electron chi connectivity index (χ3n) is 4.36. The minimum atomic E-state index is -0.466. The van der Waals surface area contributed by atoms with Crippen LogP contribution in [0.5, 0.6) is 0 Å². The number of amides is 1. The van der Waals surface area contributed by atoms with Crippen molar-refractivity contribution in [2.24, 2.45) is 11.8 Å². The Kier molecular flexibility index (Phi) is 4.37. The standard InChI is InChI=1S/C15H20N2O3/c1-10-4-3-5-14(11(10)2)16-15(18)12-6-8-13(9-7-12)17(19)20/h6-11,14H,3-5H2,1-2H3,(H,16,18)/t10-,11+,14+/m1/s1. The molecule has 3 atom stereocenters. The van der Waals surface area contributed by atoms with Gasteiger partial charge in [-0.2, -0.15) is 0 Å². The summed E-state index contributed by atoms with van der Waals surface area (Å²) in [7, 11) is 0. The van der Waals surface area contributed by atoms with Crippen LogP contribution in [0.25, 0.3) is 0 Å². The average molecular weight is 276 g/mol. The van der Waals surface area contributed by atoms with E-state index in [9.17, 15) is 14.9 Å². The van der Waals surface area contributed by atoms with Crippen LogP contribution in [0.4, 0.5) is 5.69 Å². The van der Waals surface area contributed by atoms with E-state index < -0.39 is 4.92 Å². The van der Waals surface area contributed by atoms with Gasteiger partial charge in [-0.15, -0.1) is 0 Å². The first kappa shape index (κ1) is 14.5. The average Bonchev–Trinajstić information content (AvgIpc) is 2.44. The van der Waals surface area contributed by atoms with E-state index in [1.807, 2.05) is 0 Å². The molecule has 20 heavy (non-hydrogen) atoms. The van der Waals surface area contributed by atoms with Gasteiger partial charge < -0.3 is 5.32 Å². The minimum absolute atomic E-state index is 0.00112. The Labute approximate surface area is 118 Å². The molecule has 1 aromatic carbocycles. The highest BCUT2D eigenvalue weighted by Gasteiger charge is 2.28. The van der Waals surface area contributed by atoms with E-state index >= 15 is 0 Å². The van der Waals surface area contributed by atoms with Crippen molar-refractivity contribution >= 4 is 11.6 Å². The van der Waals surface area contributed by atoms with Gasteiger partial charge in [-0.05, 0) is 30.4 Å². The summed E-state index contributed by atoms with van der Waals surface area (Å²) in [4.78, 5) is 22.3. The molecule has 1 aromatic rings. The van der Waals surface area contributed by atoms with Gasteiger partial charge in [-0.1, -0.05) is 26.7 Å². The van der Waals surface area contributed by atoms with Crippen molar-refractivity contribution in [3.63, 3.8) is 0 Å². The summed E-state index contributed by atoms with van der Waals surface area (Å²) < 4.78 is 0. The molecule has 1 fully saturated rings. The van der Waals surface area contributed by atoms with Crippen molar-refractivity contribution in [1.82, 2.24) is 5.32 Å². The van der Waals surface area contributed by atoms with E-state index in [0.717, 1.165) is 12.8 Å². The summed E-state index contributed by atoms with van der Waals surface area (Å²) in [5.41, 5.74) is 0.474. The predicted molar refractivity (Wildman–Crippen MR) is 76.5 cm³/mol. The Bertz CT molecular complexity index is 498. The van der Waals surface area contributed by atoms with Crippen LogP contribution >= 0.6 is 0 Å². The first-order valence-electron chi connectivity index (χ1n) is 7.04. The first-order chi connectivity index (χ1) is 9.49. The highest BCUT2D eigenvalue weighted by molar-refractivity contribution is 5.94. The fourth-order valence-corrected chi connectivity index (χ4v) is 2.77. The maximum Gasteiger partial charge on any atom is 0.269 e. The molecule has 0 spiro atoms. The molecule has 5 nitrogen and oxygen atoms in total. The third kappa shape index (κ3) is 3.15. The molecule has 0 heterocycles. The lowest BCUT2D eigenvalue weighted by atomic mass is 9.78. The number of non-ortho nitro benzene ring substituents is 1. The Hall–Kier alpha value is -1.91. The lowest BCUT2D eigenvalue weighted by Crippen LogP contribution is -2.43. The van der Waals surface area contributed by atoms with Crippen LogP contribution in [0.1, 0.15) is 43.5 Å². The second-order valence-electron chi connectivity index (χ2n) is 5.65. The quantitative estimate of drug-likeness (QED) is 0.681. The van der Waals surface area contributed by atoms with Crippen molar-refractivity contribution in [3.05, 3.63) is 39.9 Å². The van der Waals surface area contributed by atoms with Crippen molar-refractivity contribution in [3.8, 4) is 0 Å². The zero-order chi connectivity index (χ0) is 14.7. The van der Waals surface area contributed by atoms with Gasteiger partial charge in [0, 0.05) is 23.7 Å². The second-order valence-corrected chi connectivity index (χ2v) is 5.65. The first-order valence-corrected chi connectivity index (χ1v) is 7.04. The number of benzene rings is 1. The van der Waals surface area contributed by atoms with Gasteiger partial charge >= 0.3 is 0 Å². The van der Waals surface area contributed by atoms with Gasteiger partial charge in [0.1, 0.15) is 0 Å². The third-order valence-corrected chi connectivity index (χ3v) is 4.36. The van der Waals surface area contributed by atoms with Crippen molar-refractivity contribution in [2.45, 2.75) is 39.2 Å². The molecule has 0 radical (unpaired) electrons. The number of nitrogens with zero attached hydrogens (tertiary/aromatic N) is 1. The molecule has 1 aliphatic rings. The summed E-state index contributed by atoms with van der Waals surface area (Å²) in [5.74, 6) is 0.933. The van der Waals surface area contributed by atoms with E-state index in [1.54, 1.807) is 0 Å². The van der Waals surface area contributed by atoms with Crippen molar-refractivity contribution in [1.29, 1.82) is 0 Å². The molecule has 108 valence electrons. The summed E-state index contributed by atoms with van der Waals surface area (Å²) in [6.07, 6.45) is 3.35. The number of nitro benzene ring substituents is 1. The largest absolute Gasteiger partial charge is 0.349 e. The fraction of sp³-hybridized carbons (Fsp3) is 0.533. The van der Waals surface area contributed by atoms with Gasteiger partial charge in [0.05, 0.1) is 4.92 Å². The molecule has 1 aliphatic carbocycles. The molecular weight excluding hydrogens is 256 g/mol. The number of hydrogen-bond acceptors (Lipinski definition) is 3. The molecule has 0 saturated heterocycles. The number of hydrogen-bond donors (Lipinski definition) is 1. The minimum Gasteiger partial charge on any atom is -0.349 e. The number of carbonyl (C=O) groups excluding carboxylic acids is 1. The van der Waals surface area contributed by atoms with Gasteiger partial charge in [0.25, 0.3) is 11.6 Å². The lowest BCUT2D eigenvalue weighted by molar-refractivity contribution is -0.384. The monoisotopic (exact) mass is 276 g/mol. The highest BCUT2D eigenvalue weighted by atomic mass is 16.6. The van der Waals surface area contributed by atoms with E-state index in [-0.39, 0.29) is 17.6 Å². The van der Waals surface area contributed by atoms with Crippen molar-refractivity contribution in [2.75, 3.05) is 0 Å². The van der Waals surface area contributed by atoms with Gasteiger partial charge in [-0.25, -0.2) is 0 Å². The summed E-state index contributed by atoms with van der Waals surface area (Å²) in [5, 5.41) is 13.6. The van der Waals surface area contributed by atoms with Gasteiger partial charge in [0.2, 0.25) is 0 Å². The zero-order valence-corrected chi connectivity index (χ0v) is 11.8. The molecule has 0 aliphatic heterocycles. The SMILES string of the molecule is C[C@H]1[C@H](C)CCC[C@@H]1NC(=O)c1ccc([N+](=O)[O-])cc1. The molecule has 0 bridgehead atoms. The molecule has 0 unspecified atom stereocenters. The number of carbonyl (C=O) groups is 1. The number of nitrogens with one attached hydrogen (secondary N) is 1. The number of rotatable bonds is 3. The topological polar surface area (TPSA) is 72.2 Å². The maximum atomic E-state index is 12.2. The molecule has 2 rings (SSSR count). The fourth-order valence-electron chi connectivity index (χ4n) is 2.77. The summed E-state index contributed by atoms with van der Waals surface area (Å²) in [6.45, 7) is 4.39. The van der Waals surface area contributed by atoms with E-state index in [2.05, 4.69) is 19.2 Å². The molecule has 1 saturated carbocycles. The highest BCUT2D eigenvalue weighted by Crippen LogP contribution is 2.29. The Morgan fingerprint density at radius 2 is 1.90 bits per heavy atom. The van der Waals surface area contributed by atoms with E-state index in [1.165, 1.54) is 30.7 Å². The Balaban J connectivity index is 2.02. The second kappa shape index (κ2) is 6.03. The molecular formula is C15H20N2O3. The number of nitro groups is 1. The van der Waals surface area contributed by atoms with Crippen LogP contribution in [0.3, 0.4) is 0 Å². The van der Waals surface area contributed by atoms with Gasteiger partial charge in [0.15, 0.2) is 0 Å². The summed E-state index contributed by atoms with van der Waals surface area (Å²) >= 11 is 0. The van der Waals surface area contributed by atoms with Crippen molar-refractivity contribution < 1.29 is 9.72 Å². The maximum absolute atomic E-state index is 12.2. The summed E-state index contributed by atoms with van der Waals surface area (Å²) in [6, 6.07) is 5.93. The molecule has 5 heteroatoms. The lowest BCUT2D eigenvalue weighted by Gasteiger charge is -2.34.